The molecular weight excluding hydrogens is 328 g/mol. The number of imide groups is 1. The van der Waals surface area contributed by atoms with Crippen molar-refractivity contribution >= 4 is 34.2 Å². The normalized spacial score (nSPS) is 16.4. The molecule has 2 aromatic rings. The lowest BCUT2D eigenvalue weighted by molar-refractivity contribution is -0.117. The Morgan fingerprint density at radius 1 is 1.17 bits per heavy atom. The fraction of sp³-hybridized carbons (Fsp3) is 0.312. The van der Waals surface area contributed by atoms with Gasteiger partial charge in [-0.2, -0.15) is 0 Å². The minimum absolute atomic E-state index is 0.0157. The number of fused-ring (bicyclic) bond motifs is 1. The van der Waals surface area contributed by atoms with Crippen LogP contribution in [0.5, 0.6) is 0 Å². The second kappa shape index (κ2) is 5.79. The van der Waals surface area contributed by atoms with Crippen LogP contribution in [0.3, 0.4) is 0 Å². The monoisotopic (exact) mass is 342 g/mol. The molecule has 2 aliphatic rings. The van der Waals surface area contributed by atoms with Crippen LogP contribution in [0.15, 0.2) is 24.3 Å². The highest BCUT2D eigenvalue weighted by molar-refractivity contribution is 7.15. The number of benzene rings is 1. The third-order valence-electron chi connectivity index (χ3n) is 4.07. The molecule has 0 radical (unpaired) electrons. The van der Waals surface area contributed by atoms with Crippen LogP contribution in [-0.4, -0.2) is 39.4 Å². The highest BCUT2D eigenvalue weighted by atomic mass is 32.1. The van der Waals surface area contributed by atoms with Crippen molar-refractivity contribution in [1.82, 2.24) is 15.1 Å². The van der Waals surface area contributed by atoms with E-state index < -0.39 is 0 Å². The highest BCUT2D eigenvalue weighted by Gasteiger charge is 2.35. The molecule has 0 unspecified atom stereocenters. The summed E-state index contributed by atoms with van der Waals surface area (Å²) >= 11 is 1.27. The molecule has 1 fully saturated rings. The van der Waals surface area contributed by atoms with Crippen molar-refractivity contribution in [2.75, 3.05) is 11.9 Å². The van der Waals surface area contributed by atoms with E-state index in [2.05, 4.69) is 15.5 Å². The summed E-state index contributed by atoms with van der Waals surface area (Å²) in [5.74, 6) is -0.460. The fourth-order valence-electron chi connectivity index (χ4n) is 2.61. The minimum atomic E-state index is -0.276. The molecule has 24 heavy (non-hydrogen) atoms. The Balaban J connectivity index is 1.39. The Kier molecular flexibility index (Phi) is 3.61. The van der Waals surface area contributed by atoms with E-state index in [4.69, 9.17) is 0 Å². The van der Waals surface area contributed by atoms with E-state index in [1.807, 2.05) is 0 Å². The van der Waals surface area contributed by atoms with Crippen LogP contribution < -0.4 is 5.32 Å². The summed E-state index contributed by atoms with van der Waals surface area (Å²) in [7, 11) is 0. The summed E-state index contributed by atoms with van der Waals surface area (Å²) in [5.41, 5.74) is 0.884. The molecular formula is C16H14N4O3S. The number of rotatable bonds is 5. The SMILES string of the molecule is O=C(Nc1nnc(CCN2C(=O)c3ccccc3C2=O)s1)C1CC1. The van der Waals surface area contributed by atoms with E-state index in [9.17, 15) is 14.4 Å². The molecule has 1 N–H and O–H groups in total. The average molecular weight is 342 g/mol. The summed E-state index contributed by atoms with van der Waals surface area (Å²) in [6, 6.07) is 6.80. The number of nitrogens with zero attached hydrogens (tertiary/aromatic N) is 3. The Morgan fingerprint density at radius 3 is 2.46 bits per heavy atom. The minimum Gasteiger partial charge on any atom is -0.300 e. The maximum Gasteiger partial charge on any atom is 0.261 e. The van der Waals surface area contributed by atoms with Crippen LogP contribution in [0, 0.1) is 5.92 Å². The Morgan fingerprint density at radius 2 is 1.83 bits per heavy atom. The lowest BCUT2D eigenvalue weighted by Crippen LogP contribution is -2.31. The summed E-state index contributed by atoms with van der Waals surface area (Å²) in [5, 5.41) is 11.8. The quantitative estimate of drug-likeness (QED) is 0.835. The summed E-state index contributed by atoms with van der Waals surface area (Å²) < 4.78 is 0. The second-order valence-corrected chi connectivity index (χ2v) is 6.88. The van der Waals surface area contributed by atoms with E-state index in [1.165, 1.54) is 16.2 Å². The third-order valence-corrected chi connectivity index (χ3v) is 4.97. The molecule has 0 saturated heterocycles. The van der Waals surface area contributed by atoms with E-state index in [1.54, 1.807) is 24.3 Å². The molecule has 0 bridgehead atoms. The number of carbonyl (C=O) groups excluding carboxylic acids is 3. The van der Waals surface area contributed by atoms with E-state index in [0.717, 1.165) is 12.8 Å². The Bertz CT molecular complexity index is 808. The molecule has 1 aromatic carbocycles. The predicted molar refractivity (Wildman–Crippen MR) is 86.8 cm³/mol. The fourth-order valence-corrected chi connectivity index (χ4v) is 3.34. The lowest BCUT2D eigenvalue weighted by atomic mass is 10.1. The van der Waals surface area contributed by atoms with Crippen molar-refractivity contribution in [1.29, 1.82) is 0 Å². The first-order chi connectivity index (χ1) is 11.6. The molecule has 8 heteroatoms. The maximum atomic E-state index is 12.3. The van der Waals surface area contributed by atoms with Gasteiger partial charge in [-0.3, -0.25) is 19.3 Å². The summed E-state index contributed by atoms with van der Waals surface area (Å²) in [4.78, 5) is 37.5. The van der Waals surface area contributed by atoms with E-state index in [0.29, 0.717) is 27.7 Å². The molecule has 2 heterocycles. The molecule has 122 valence electrons. The summed E-state index contributed by atoms with van der Waals surface area (Å²) in [6.07, 6.45) is 2.27. The standard InChI is InChI=1S/C16H14N4O3S/c21-13(9-5-6-9)17-16-19-18-12(24-16)7-8-20-14(22)10-3-1-2-4-11(10)15(20)23/h1-4,9H,5-8H2,(H,17,19,21). The first-order valence-corrected chi connectivity index (χ1v) is 8.53. The molecule has 4 rings (SSSR count). The zero-order valence-corrected chi connectivity index (χ0v) is 13.5. The number of amides is 3. The van der Waals surface area contributed by atoms with Gasteiger partial charge in [0.25, 0.3) is 11.8 Å². The Labute approximate surface area is 141 Å². The number of nitrogens with one attached hydrogen (secondary N) is 1. The Hall–Kier alpha value is -2.61. The zero-order valence-electron chi connectivity index (χ0n) is 12.7. The largest absolute Gasteiger partial charge is 0.300 e. The molecule has 1 aliphatic heterocycles. The number of hydrogen-bond donors (Lipinski definition) is 1. The van der Waals surface area contributed by atoms with E-state index >= 15 is 0 Å². The lowest BCUT2D eigenvalue weighted by Gasteiger charge is -2.12. The van der Waals surface area contributed by atoms with Gasteiger partial charge < -0.3 is 5.32 Å². The zero-order chi connectivity index (χ0) is 16.7. The summed E-state index contributed by atoms with van der Waals surface area (Å²) in [6.45, 7) is 0.248. The number of hydrogen-bond acceptors (Lipinski definition) is 6. The van der Waals surface area contributed by atoms with Crippen LogP contribution in [0.2, 0.25) is 0 Å². The topological polar surface area (TPSA) is 92.3 Å². The molecule has 1 aliphatic carbocycles. The van der Waals surface area contributed by atoms with Crippen molar-refractivity contribution in [3.63, 3.8) is 0 Å². The van der Waals surface area contributed by atoms with Gasteiger partial charge in [-0.15, -0.1) is 10.2 Å². The number of anilines is 1. The van der Waals surface area contributed by atoms with Crippen molar-refractivity contribution in [2.24, 2.45) is 5.92 Å². The maximum absolute atomic E-state index is 12.3. The second-order valence-electron chi connectivity index (χ2n) is 5.82. The molecule has 1 aromatic heterocycles. The number of aromatic nitrogens is 2. The van der Waals surface area contributed by atoms with Gasteiger partial charge in [-0.1, -0.05) is 23.5 Å². The highest BCUT2D eigenvalue weighted by Crippen LogP contribution is 2.30. The van der Waals surface area contributed by atoms with Gasteiger partial charge >= 0.3 is 0 Å². The number of carbonyl (C=O) groups is 3. The molecule has 0 spiro atoms. The molecule has 7 nitrogen and oxygen atoms in total. The van der Waals surface area contributed by atoms with Gasteiger partial charge in [0.15, 0.2) is 0 Å². The van der Waals surface area contributed by atoms with Gasteiger partial charge in [0.2, 0.25) is 11.0 Å². The first kappa shape index (κ1) is 14.9. The van der Waals surface area contributed by atoms with Gasteiger partial charge in [-0.05, 0) is 25.0 Å². The van der Waals surface area contributed by atoms with Crippen LogP contribution >= 0.6 is 11.3 Å². The molecule has 0 atom stereocenters. The van der Waals surface area contributed by atoms with Crippen LogP contribution in [0.4, 0.5) is 5.13 Å². The molecule has 1 saturated carbocycles. The van der Waals surface area contributed by atoms with Crippen LogP contribution in [0.1, 0.15) is 38.6 Å². The average Bonchev–Trinajstić information content (AvgIpc) is 3.31. The van der Waals surface area contributed by atoms with Gasteiger partial charge in [-0.25, -0.2) is 0 Å². The van der Waals surface area contributed by atoms with Crippen molar-refractivity contribution in [3.8, 4) is 0 Å². The van der Waals surface area contributed by atoms with Crippen molar-refractivity contribution in [3.05, 3.63) is 40.4 Å². The first-order valence-electron chi connectivity index (χ1n) is 7.72. The smallest absolute Gasteiger partial charge is 0.261 e. The van der Waals surface area contributed by atoms with Gasteiger partial charge in [0, 0.05) is 18.9 Å². The predicted octanol–water partition coefficient (Wildman–Crippen LogP) is 1.73. The van der Waals surface area contributed by atoms with Crippen molar-refractivity contribution < 1.29 is 14.4 Å². The van der Waals surface area contributed by atoms with Crippen LogP contribution in [-0.2, 0) is 11.2 Å². The molecule has 3 amide bonds. The van der Waals surface area contributed by atoms with E-state index in [-0.39, 0.29) is 30.2 Å². The van der Waals surface area contributed by atoms with Gasteiger partial charge in [0.05, 0.1) is 11.1 Å². The van der Waals surface area contributed by atoms with Crippen LogP contribution in [0.25, 0.3) is 0 Å². The van der Waals surface area contributed by atoms with Gasteiger partial charge in [0.1, 0.15) is 5.01 Å². The third kappa shape index (κ3) is 2.69. The van der Waals surface area contributed by atoms with Crippen molar-refractivity contribution in [2.45, 2.75) is 19.3 Å².